The quantitative estimate of drug-likeness (QED) is 0.358. The molecule has 40 heavy (non-hydrogen) atoms. The number of nitrogens with one attached hydrogen (secondary N) is 1. The summed E-state index contributed by atoms with van der Waals surface area (Å²) in [6.07, 6.45) is 10.6. The molecule has 11 heteroatoms. The lowest BCUT2D eigenvalue weighted by Gasteiger charge is -2.31. The molecule has 2 N–H and O–H groups in total. The average Bonchev–Trinajstić information content (AvgIpc) is 3.34. The zero-order valence-electron chi connectivity index (χ0n) is 23.5. The second kappa shape index (κ2) is 12.1. The molecule has 1 aromatic carbocycles. The Hall–Kier alpha value is -2.60. The van der Waals surface area contributed by atoms with E-state index in [1.807, 2.05) is 30.6 Å². The molecule has 1 unspecified atom stereocenters. The minimum absolute atomic E-state index is 0.0658. The predicted octanol–water partition coefficient (Wildman–Crippen LogP) is 4.37. The fraction of sp³-hybridized carbons (Fsp3) is 0.552. The monoisotopic (exact) mass is 585 g/mol. The van der Waals surface area contributed by atoms with Crippen molar-refractivity contribution in [1.29, 1.82) is 0 Å². The van der Waals surface area contributed by atoms with Crippen LogP contribution >= 0.6 is 11.3 Å². The Morgan fingerprint density at radius 1 is 1.20 bits per heavy atom. The van der Waals surface area contributed by atoms with Gasteiger partial charge in [0.15, 0.2) is 9.84 Å². The van der Waals surface area contributed by atoms with E-state index in [1.165, 1.54) is 16.9 Å². The third kappa shape index (κ3) is 7.18. The topological polar surface area (TPSA) is 118 Å². The minimum atomic E-state index is -3.43. The number of aryl methyl sites for hydroxylation is 1. The smallest absolute Gasteiger partial charge is 0.274 e. The molecule has 0 bridgehead atoms. The molecule has 9 nitrogen and oxygen atoms in total. The number of sulfone groups is 1. The largest absolute Gasteiger partial charge is 0.467 e. The number of aliphatic hydroxyl groups is 1. The van der Waals surface area contributed by atoms with Crippen LogP contribution < -0.4 is 15.0 Å². The number of ether oxygens (including phenoxy) is 1. The first kappa shape index (κ1) is 28.9. The summed E-state index contributed by atoms with van der Waals surface area (Å²) >= 11 is 1.53. The summed E-state index contributed by atoms with van der Waals surface area (Å²) in [5.74, 6) is 0.717. The summed E-state index contributed by atoms with van der Waals surface area (Å²) in [5, 5.41) is 13.0. The number of piperidine rings is 1. The minimum Gasteiger partial charge on any atom is -0.467 e. The third-order valence-electron chi connectivity index (χ3n) is 7.44. The Morgan fingerprint density at radius 2 is 1.95 bits per heavy atom. The normalized spacial score (nSPS) is 19.1. The van der Waals surface area contributed by atoms with E-state index in [-0.39, 0.29) is 18.3 Å². The standard InChI is InChI=1S/C29H39N5O4S2/c1-4-5-20-18-31-27(32-19-20)34-13-9-23(10-14-34)38-28-33-24-7-6-21(16-25(24)39-28)22-8-12-30-26(17-22)40(36,37)15-11-29(2,3)35/h6-7,16-19,23,26,30,35H,4-5,8-15H2,1-3H3. The summed E-state index contributed by atoms with van der Waals surface area (Å²) in [7, 11) is -3.43. The highest BCUT2D eigenvalue weighted by Crippen LogP contribution is 2.33. The number of hydrogen-bond donors (Lipinski definition) is 2. The molecule has 0 amide bonds. The summed E-state index contributed by atoms with van der Waals surface area (Å²) < 4.78 is 33.1. The highest BCUT2D eigenvalue weighted by Gasteiger charge is 2.29. The molecule has 1 saturated heterocycles. The number of fused-ring (bicyclic) bond motifs is 1. The van der Waals surface area contributed by atoms with Gasteiger partial charge in [0.25, 0.3) is 5.19 Å². The van der Waals surface area contributed by atoms with Crippen LogP contribution in [0.5, 0.6) is 5.19 Å². The Morgan fingerprint density at radius 3 is 2.65 bits per heavy atom. The van der Waals surface area contributed by atoms with Crippen molar-refractivity contribution in [3.05, 3.63) is 47.8 Å². The molecule has 216 valence electrons. The predicted molar refractivity (Wildman–Crippen MR) is 161 cm³/mol. The van der Waals surface area contributed by atoms with E-state index < -0.39 is 20.8 Å². The van der Waals surface area contributed by atoms with Crippen molar-refractivity contribution >= 4 is 42.9 Å². The fourth-order valence-corrected chi connectivity index (χ4v) is 7.76. The Balaban J connectivity index is 1.21. The summed E-state index contributed by atoms with van der Waals surface area (Å²) in [5.41, 5.74) is 3.05. The maximum absolute atomic E-state index is 12.9. The molecular weight excluding hydrogens is 546 g/mol. The molecule has 4 heterocycles. The SMILES string of the molecule is CCCc1cnc(N2CCC(Oc3nc4ccc(C5=CC(S(=O)(=O)CCC(C)(C)O)NCC5)cc4s3)CC2)nc1. The van der Waals surface area contributed by atoms with E-state index in [1.54, 1.807) is 13.8 Å². The van der Waals surface area contributed by atoms with Crippen LogP contribution in [0, 0.1) is 0 Å². The van der Waals surface area contributed by atoms with Crippen LogP contribution in [-0.2, 0) is 16.3 Å². The Bertz CT molecular complexity index is 1440. The van der Waals surface area contributed by atoms with E-state index in [9.17, 15) is 13.5 Å². The lowest BCUT2D eigenvalue weighted by atomic mass is 10.0. The van der Waals surface area contributed by atoms with Gasteiger partial charge >= 0.3 is 0 Å². The molecule has 5 rings (SSSR count). The zero-order valence-corrected chi connectivity index (χ0v) is 25.1. The van der Waals surface area contributed by atoms with Crippen molar-refractivity contribution in [2.45, 2.75) is 76.4 Å². The lowest BCUT2D eigenvalue weighted by Crippen LogP contribution is -2.41. The second-order valence-electron chi connectivity index (χ2n) is 11.4. The lowest BCUT2D eigenvalue weighted by molar-refractivity contribution is 0.0772. The van der Waals surface area contributed by atoms with E-state index in [0.29, 0.717) is 11.7 Å². The number of anilines is 1. The van der Waals surface area contributed by atoms with E-state index >= 15 is 0 Å². The van der Waals surface area contributed by atoms with Crippen molar-refractivity contribution in [3.8, 4) is 5.19 Å². The van der Waals surface area contributed by atoms with Gasteiger partial charge in [-0.3, -0.25) is 5.32 Å². The summed E-state index contributed by atoms with van der Waals surface area (Å²) in [4.78, 5) is 16.0. The van der Waals surface area contributed by atoms with Crippen molar-refractivity contribution in [2.24, 2.45) is 0 Å². The zero-order chi connectivity index (χ0) is 28.3. The number of nitrogens with zero attached hydrogens (tertiary/aromatic N) is 4. The first-order valence-corrected chi connectivity index (χ1v) is 16.6. The van der Waals surface area contributed by atoms with Crippen molar-refractivity contribution in [1.82, 2.24) is 20.3 Å². The van der Waals surface area contributed by atoms with E-state index in [4.69, 9.17) is 9.72 Å². The number of benzene rings is 1. The molecule has 1 fully saturated rings. The average molecular weight is 586 g/mol. The number of hydrogen-bond acceptors (Lipinski definition) is 10. The van der Waals surface area contributed by atoms with Crippen LogP contribution in [0.2, 0.25) is 0 Å². The molecule has 0 aliphatic carbocycles. The number of thiazole rings is 1. The maximum Gasteiger partial charge on any atom is 0.274 e. The molecule has 0 saturated carbocycles. The van der Waals surface area contributed by atoms with E-state index in [2.05, 4.69) is 33.2 Å². The maximum atomic E-state index is 12.9. The van der Waals surface area contributed by atoms with Gasteiger partial charge in [-0.05, 0) is 68.0 Å². The molecule has 3 aromatic rings. The summed E-state index contributed by atoms with van der Waals surface area (Å²) in [6.45, 7) is 7.68. The number of rotatable bonds is 10. The van der Waals surface area contributed by atoms with Gasteiger partial charge in [0.05, 0.1) is 21.6 Å². The molecule has 2 aromatic heterocycles. The van der Waals surface area contributed by atoms with Crippen LogP contribution in [0.4, 0.5) is 5.95 Å². The molecule has 2 aliphatic rings. The van der Waals surface area contributed by atoms with Crippen LogP contribution in [0.15, 0.2) is 36.7 Å². The Kier molecular flexibility index (Phi) is 8.75. The molecule has 0 spiro atoms. The Labute approximate surface area is 240 Å². The van der Waals surface area contributed by atoms with Gasteiger partial charge < -0.3 is 14.7 Å². The number of aromatic nitrogens is 3. The van der Waals surface area contributed by atoms with Crippen LogP contribution in [0.1, 0.15) is 64.0 Å². The van der Waals surface area contributed by atoms with Gasteiger partial charge in [0, 0.05) is 44.9 Å². The molecule has 2 aliphatic heterocycles. The molecule has 1 atom stereocenters. The van der Waals surface area contributed by atoms with Gasteiger partial charge in [-0.2, -0.15) is 0 Å². The van der Waals surface area contributed by atoms with Crippen LogP contribution in [-0.4, -0.2) is 70.9 Å². The van der Waals surface area contributed by atoms with Crippen LogP contribution in [0.25, 0.3) is 15.8 Å². The second-order valence-corrected chi connectivity index (χ2v) is 14.6. The fourth-order valence-electron chi connectivity index (χ4n) is 5.06. The van der Waals surface area contributed by atoms with Crippen molar-refractivity contribution in [2.75, 3.05) is 30.3 Å². The first-order chi connectivity index (χ1) is 19.1. The van der Waals surface area contributed by atoms with Crippen molar-refractivity contribution in [3.63, 3.8) is 0 Å². The summed E-state index contributed by atoms with van der Waals surface area (Å²) in [6, 6.07) is 6.07. The highest BCUT2D eigenvalue weighted by molar-refractivity contribution is 7.92. The van der Waals surface area contributed by atoms with Gasteiger partial charge in [0.1, 0.15) is 11.5 Å². The van der Waals surface area contributed by atoms with E-state index in [0.717, 1.165) is 72.5 Å². The van der Waals surface area contributed by atoms with Crippen LogP contribution in [0.3, 0.4) is 0 Å². The van der Waals surface area contributed by atoms with Gasteiger partial charge in [-0.15, -0.1) is 0 Å². The van der Waals surface area contributed by atoms with Gasteiger partial charge in [-0.1, -0.05) is 30.7 Å². The first-order valence-electron chi connectivity index (χ1n) is 14.1. The van der Waals surface area contributed by atoms with Gasteiger partial charge in [-0.25, -0.2) is 23.4 Å². The molecular formula is C29H39N5O4S2. The third-order valence-corrected chi connectivity index (χ3v) is 10.2. The van der Waals surface area contributed by atoms with Crippen molar-refractivity contribution < 1.29 is 18.3 Å². The highest BCUT2D eigenvalue weighted by atomic mass is 32.2. The molecule has 0 radical (unpaired) electrons. The van der Waals surface area contributed by atoms with Gasteiger partial charge in [0.2, 0.25) is 5.95 Å².